The number of carbonyl (C=O) groups is 2. The normalized spacial score (nSPS) is 10.5. The fourth-order valence-corrected chi connectivity index (χ4v) is 1.08. The molecule has 0 saturated carbocycles. The summed E-state index contributed by atoms with van der Waals surface area (Å²) in [6, 6.07) is 0. The molecule has 0 aliphatic heterocycles. The van der Waals surface area contributed by atoms with Crippen LogP contribution in [0, 0.1) is 0 Å². The third-order valence-electron chi connectivity index (χ3n) is 1.45. The second kappa shape index (κ2) is 8.48. The van der Waals surface area contributed by atoms with Crippen LogP contribution in [0.15, 0.2) is 12.7 Å². The van der Waals surface area contributed by atoms with Crippen LogP contribution in [0.25, 0.3) is 0 Å². The van der Waals surface area contributed by atoms with Gasteiger partial charge in [0.15, 0.2) is 0 Å². The topological polar surface area (TPSA) is 111 Å². The van der Waals surface area contributed by atoms with Crippen LogP contribution < -0.4 is 10.6 Å². The average Bonchev–Trinajstić information content (AvgIpc) is 2.28. The van der Waals surface area contributed by atoms with Gasteiger partial charge >= 0.3 is 6.09 Å². The minimum Gasteiger partial charge on any atom is -0.445 e. The number of nitrogens with one attached hydrogen (secondary N) is 2. The van der Waals surface area contributed by atoms with Gasteiger partial charge in [-0.25, -0.2) is 4.79 Å². The second-order valence-electron chi connectivity index (χ2n) is 3.13. The largest absolute Gasteiger partial charge is 0.445 e. The molecule has 0 heterocycles. The first kappa shape index (κ1) is 16.4. The first-order valence-corrected chi connectivity index (χ1v) is 6.79. The van der Waals surface area contributed by atoms with E-state index in [2.05, 4.69) is 26.1 Å². The zero-order valence-electron chi connectivity index (χ0n) is 9.97. The Kier molecular flexibility index (Phi) is 7.72. The molecule has 0 bridgehead atoms. The predicted molar refractivity (Wildman–Crippen MR) is 63.4 cm³/mol. The molecule has 0 atom stereocenters. The Balaban J connectivity index is 3.57. The Morgan fingerprint density at radius 1 is 1.28 bits per heavy atom. The molecule has 8 nitrogen and oxygen atoms in total. The minimum absolute atomic E-state index is 0.0976. The number of hydrogen-bond acceptors (Lipinski definition) is 6. The smallest absolute Gasteiger partial charge is 0.407 e. The summed E-state index contributed by atoms with van der Waals surface area (Å²) < 4.78 is 30.0. The highest BCUT2D eigenvalue weighted by Gasteiger charge is 2.07. The van der Waals surface area contributed by atoms with Crippen molar-refractivity contribution in [2.45, 2.75) is 0 Å². The number of carbonyl (C=O) groups excluding carboxylic acids is 2. The maximum Gasteiger partial charge on any atom is 0.407 e. The summed E-state index contributed by atoms with van der Waals surface area (Å²) in [6.07, 6.45) is 1.64. The van der Waals surface area contributed by atoms with E-state index in [1.165, 1.54) is 6.08 Å². The molecule has 0 aliphatic rings. The van der Waals surface area contributed by atoms with E-state index < -0.39 is 28.7 Å². The van der Waals surface area contributed by atoms with Crippen molar-refractivity contribution in [2.24, 2.45) is 0 Å². The lowest BCUT2D eigenvalue weighted by Gasteiger charge is -2.06. The molecule has 0 aromatic carbocycles. The molecule has 0 aromatic rings. The Morgan fingerprint density at radius 3 is 2.44 bits per heavy atom. The lowest BCUT2D eigenvalue weighted by Crippen LogP contribution is -2.36. The molecule has 0 aliphatic carbocycles. The van der Waals surface area contributed by atoms with Gasteiger partial charge in [-0.2, -0.15) is 8.42 Å². The van der Waals surface area contributed by atoms with Gasteiger partial charge in [0.2, 0.25) is 5.91 Å². The highest BCUT2D eigenvalue weighted by Crippen LogP contribution is 1.85. The van der Waals surface area contributed by atoms with E-state index in [-0.39, 0.29) is 19.7 Å². The Bertz CT molecular complexity index is 392. The van der Waals surface area contributed by atoms with Crippen LogP contribution in [0.3, 0.4) is 0 Å². The van der Waals surface area contributed by atoms with E-state index >= 15 is 0 Å². The van der Waals surface area contributed by atoms with E-state index in [0.29, 0.717) is 0 Å². The summed E-state index contributed by atoms with van der Waals surface area (Å²) >= 11 is 0. The van der Waals surface area contributed by atoms with Crippen molar-refractivity contribution in [1.82, 2.24) is 10.6 Å². The molecule has 2 amide bonds. The van der Waals surface area contributed by atoms with E-state index in [0.717, 1.165) is 6.26 Å². The zero-order valence-corrected chi connectivity index (χ0v) is 10.8. The van der Waals surface area contributed by atoms with Crippen molar-refractivity contribution in [2.75, 3.05) is 32.6 Å². The molecular weight excluding hydrogens is 264 g/mol. The van der Waals surface area contributed by atoms with Gasteiger partial charge in [0.25, 0.3) is 10.1 Å². The first-order chi connectivity index (χ1) is 8.35. The standard InChI is InChI=1S/C9H16N2O6S/c1-3-6-16-9(13)11-5-4-10-8(12)7-17-18(2,14)15/h3H,1,4-7H2,2H3,(H,10,12)(H,11,13). The van der Waals surface area contributed by atoms with Gasteiger partial charge in [-0.15, -0.1) is 0 Å². The highest BCUT2D eigenvalue weighted by atomic mass is 32.2. The molecule has 2 N–H and O–H groups in total. The number of amides is 2. The van der Waals surface area contributed by atoms with Crippen LogP contribution in [-0.4, -0.2) is 53.0 Å². The van der Waals surface area contributed by atoms with Crippen molar-refractivity contribution < 1.29 is 26.9 Å². The maximum absolute atomic E-state index is 11.0. The lowest BCUT2D eigenvalue weighted by molar-refractivity contribution is -0.122. The third kappa shape index (κ3) is 10.9. The zero-order chi connectivity index (χ0) is 14.0. The van der Waals surface area contributed by atoms with Crippen LogP contribution in [0.2, 0.25) is 0 Å². The number of hydrogen-bond donors (Lipinski definition) is 2. The Labute approximate surface area is 105 Å². The molecule has 9 heteroatoms. The molecule has 0 saturated heterocycles. The fraction of sp³-hybridized carbons (Fsp3) is 0.556. The Morgan fingerprint density at radius 2 is 1.89 bits per heavy atom. The van der Waals surface area contributed by atoms with Gasteiger partial charge in [0.05, 0.1) is 6.26 Å². The van der Waals surface area contributed by atoms with Crippen molar-refractivity contribution in [3.8, 4) is 0 Å². The molecule has 0 spiro atoms. The summed E-state index contributed by atoms with van der Waals surface area (Å²) in [5.74, 6) is -0.596. The van der Waals surface area contributed by atoms with Gasteiger partial charge in [-0.1, -0.05) is 12.7 Å². The van der Waals surface area contributed by atoms with Gasteiger partial charge < -0.3 is 15.4 Å². The first-order valence-electron chi connectivity index (χ1n) is 4.98. The lowest BCUT2D eigenvalue weighted by atomic mass is 10.5. The van der Waals surface area contributed by atoms with Crippen LogP contribution in [0.1, 0.15) is 0 Å². The molecule has 18 heavy (non-hydrogen) atoms. The summed E-state index contributed by atoms with van der Waals surface area (Å²) in [5.41, 5.74) is 0. The maximum atomic E-state index is 11.0. The van der Waals surface area contributed by atoms with Gasteiger partial charge in [0.1, 0.15) is 13.2 Å². The number of rotatable bonds is 8. The second-order valence-corrected chi connectivity index (χ2v) is 4.77. The van der Waals surface area contributed by atoms with Crippen molar-refractivity contribution >= 4 is 22.1 Å². The van der Waals surface area contributed by atoms with Gasteiger partial charge in [-0.05, 0) is 0 Å². The van der Waals surface area contributed by atoms with E-state index in [1.54, 1.807) is 0 Å². The van der Waals surface area contributed by atoms with Gasteiger partial charge in [0, 0.05) is 13.1 Å². The van der Waals surface area contributed by atoms with E-state index in [9.17, 15) is 18.0 Å². The SMILES string of the molecule is C=CCOC(=O)NCCNC(=O)COS(C)(=O)=O. The molecule has 0 aromatic heterocycles. The predicted octanol–water partition coefficient (Wildman–Crippen LogP) is -1.01. The van der Waals surface area contributed by atoms with Crippen LogP contribution in [0.4, 0.5) is 4.79 Å². The Hall–Kier alpha value is -1.61. The quantitative estimate of drug-likeness (QED) is 0.335. The molecular formula is C9H16N2O6S. The highest BCUT2D eigenvalue weighted by molar-refractivity contribution is 7.86. The molecule has 0 rings (SSSR count). The van der Waals surface area contributed by atoms with Crippen molar-refractivity contribution in [1.29, 1.82) is 0 Å². The molecule has 104 valence electrons. The van der Waals surface area contributed by atoms with E-state index in [1.807, 2.05) is 0 Å². The van der Waals surface area contributed by atoms with Crippen LogP contribution in [-0.2, 0) is 23.8 Å². The molecule has 0 unspecified atom stereocenters. The monoisotopic (exact) mass is 280 g/mol. The van der Waals surface area contributed by atoms with Crippen molar-refractivity contribution in [3.05, 3.63) is 12.7 Å². The summed E-state index contributed by atoms with van der Waals surface area (Å²) in [5, 5.41) is 4.71. The molecule has 0 radical (unpaired) electrons. The van der Waals surface area contributed by atoms with Crippen LogP contribution in [0.5, 0.6) is 0 Å². The summed E-state index contributed by atoms with van der Waals surface area (Å²) in [6.45, 7) is 3.17. The average molecular weight is 280 g/mol. The minimum atomic E-state index is -3.63. The third-order valence-corrected chi connectivity index (χ3v) is 2.00. The van der Waals surface area contributed by atoms with Crippen molar-refractivity contribution in [3.63, 3.8) is 0 Å². The summed E-state index contributed by atoms with van der Waals surface area (Å²) in [4.78, 5) is 22.0. The number of ether oxygens (including phenoxy) is 1. The number of alkyl carbamates (subject to hydrolysis) is 1. The fourth-order valence-electron chi connectivity index (χ4n) is 0.764. The van der Waals surface area contributed by atoms with Crippen LogP contribution >= 0.6 is 0 Å². The summed E-state index contributed by atoms with van der Waals surface area (Å²) in [7, 11) is -3.63. The van der Waals surface area contributed by atoms with E-state index in [4.69, 9.17) is 0 Å². The molecule has 0 fully saturated rings. The van der Waals surface area contributed by atoms with Gasteiger partial charge in [-0.3, -0.25) is 8.98 Å².